The monoisotopic (exact) mass is 237 g/mol. The molecule has 1 aromatic heterocycles. The average molecular weight is 237 g/mol. The second-order valence-corrected chi connectivity index (χ2v) is 5.13. The van der Waals surface area contributed by atoms with Crippen LogP contribution in [0, 0.1) is 12.8 Å². The Morgan fingerprint density at radius 2 is 2.47 bits per heavy atom. The second-order valence-electron chi connectivity index (χ2n) is 5.13. The van der Waals surface area contributed by atoms with Crippen LogP contribution >= 0.6 is 0 Å². The van der Waals surface area contributed by atoms with Gasteiger partial charge in [0.25, 0.3) is 0 Å². The van der Waals surface area contributed by atoms with Gasteiger partial charge in [0, 0.05) is 44.1 Å². The van der Waals surface area contributed by atoms with E-state index >= 15 is 0 Å². The molecule has 2 rings (SSSR count). The Bertz CT molecular complexity index is 356. The molecule has 0 radical (unpaired) electrons. The largest absolute Gasteiger partial charge is 0.381 e. The summed E-state index contributed by atoms with van der Waals surface area (Å²) in [7, 11) is 1.98. The highest BCUT2D eigenvalue weighted by Gasteiger charge is 2.18. The molecule has 1 aliphatic rings. The van der Waals surface area contributed by atoms with E-state index in [0.29, 0.717) is 6.04 Å². The van der Waals surface area contributed by atoms with Gasteiger partial charge in [0.15, 0.2) is 0 Å². The van der Waals surface area contributed by atoms with Crippen molar-refractivity contribution in [2.24, 2.45) is 13.0 Å². The van der Waals surface area contributed by atoms with Gasteiger partial charge in [0.2, 0.25) is 0 Å². The van der Waals surface area contributed by atoms with E-state index in [9.17, 15) is 0 Å². The highest BCUT2D eigenvalue weighted by Crippen LogP contribution is 2.18. The van der Waals surface area contributed by atoms with Gasteiger partial charge < -0.3 is 10.1 Å². The summed E-state index contributed by atoms with van der Waals surface area (Å²) in [4.78, 5) is 0. The van der Waals surface area contributed by atoms with Crippen molar-refractivity contribution in [1.29, 1.82) is 0 Å². The van der Waals surface area contributed by atoms with Crippen molar-refractivity contribution < 1.29 is 4.74 Å². The minimum Gasteiger partial charge on any atom is -0.381 e. The van der Waals surface area contributed by atoms with Gasteiger partial charge in [-0.1, -0.05) is 0 Å². The lowest BCUT2D eigenvalue weighted by atomic mass is 10.00. The van der Waals surface area contributed by atoms with Crippen LogP contribution < -0.4 is 5.32 Å². The van der Waals surface area contributed by atoms with Gasteiger partial charge in [-0.05, 0) is 32.6 Å². The molecule has 0 spiro atoms. The summed E-state index contributed by atoms with van der Waals surface area (Å²) < 4.78 is 7.33. The number of ether oxygens (including phenoxy) is 1. The van der Waals surface area contributed by atoms with E-state index in [1.54, 1.807) is 0 Å². The van der Waals surface area contributed by atoms with Gasteiger partial charge >= 0.3 is 0 Å². The Kier molecular flexibility index (Phi) is 4.18. The standard InChI is InChI=1S/C13H23N3O/c1-10(6-12-4-5-17-9-12)14-7-13-8-15-16(3)11(13)2/h8,10,12,14H,4-7,9H2,1-3H3/t10-,12+/m1/s1. The quantitative estimate of drug-likeness (QED) is 0.846. The van der Waals surface area contributed by atoms with Crippen LogP contribution in [0.2, 0.25) is 0 Å². The summed E-state index contributed by atoms with van der Waals surface area (Å²) in [6.45, 7) is 7.16. The maximum atomic E-state index is 5.40. The predicted molar refractivity (Wildman–Crippen MR) is 67.8 cm³/mol. The zero-order chi connectivity index (χ0) is 12.3. The molecule has 2 atom stereocenters. The summed E-state index contributed by atoms with van der Waals surface area (Å²) >= 11 is 0. The zero-order valence-corrected chi connectivity index (χ0v) is 11.1. The molecule has 0 aromatic carbocycles. The zero-order valence-electron chi connectivity index (χ0n) is 11.1. The third kappa shape index (κ3) is 3.30. The molecule has 2 heterocycles. The van der Waals surface area contributed by atoms with Gasteiger partial charge in [-0.25, -0.2) is 0 Å². The fraction of sp³-hybridized carbons (Fsp3) is 0.769. The molecule has 0 amide bonds. The fourth-order valence-corrected chi connectivity index (χ4v) is 2.35. The van der Waals surface area contributed by atoms with Crippen LogP contribution in [-0.2, 0) is 18.3 Å². The number of hydrogen-bond donors (Lipinski definition) is 1. The van der Waals surface area contributed by atoms with Crippen molar-refractivity contribution in [2.45, 2.75) is 39.3 Å². The molecule has 1 saturated heterocycles. The molecular weight excluding hydrogens is 214 g/mol. The SMILES string of the molecule is Cc1c(CN[C@H](C)C[C@@H]2CCOC2)cnn1C. The molecule has 0 aliphatic carbocycles. The molecule has 1 aliphatic heterocycles. The predicted octanol–water partition coefficient (Wildman–Crippen LogP) is 1.63. The third-order valence-electron chi connectivity index (χ3n) is 3.69. The molecule has 1 fully saturated rings. The van der Waals surface area contributed by atoms with E-state index in [1.807, 2.05) is 17.9 Å². The minimum atomic E-state index is 0.543. The first-order valence-electron chi connectivity index (χ1n) is 6.45. The maximum absolute atomic E-state index is 5.40. The van der Waals surface area contributed by atoms with Crippen LogP contribution in [-0.4, -0.2) is 29.0 Å². The van der Waals surface area contributed by atoms with E-state index in [4.69, 9.17) is 4.74 Å². The van der Waals surface area contributed by atoms with Crippen LogP contribution in [0.15, 0.2) is 6.20 Å². The molecule has 1 N–H and O–H groups in total. The van der Waals surface area contributed by atoms with Gasteiger partial charge in [0.1, 0.15) is 0 Å². The molecule has 4 heteroatoms. The molecule has 0 bridgehead atoms. The van der Waals surface area contributed by atoms with Crippen molar-refractivity contribution in [3.8, 4) is 0 Å². The van der Waals surface area contributed by atoms with Gasteiger partial charge in [-0.2, -0.15) is 5.10 Å². The Labute approximate surface area is 103 Å². The topological polar surface area (TPSA) is 39.1 Å². The van der Waals surface area contributed by atoms with E-state index < -0.39 is 0 Å². The second kappa shape index (κ2) is 5.65. The first-order valence-corrected chi connectivity index (χ1v) is 6.45. The van der Waals surface area contributed by atoms with Crippen molar-refractivity contribution in [1.82, 2.24) is 15.1 Å². The first-order chi connectivity index (χ1) is 8.16. The number of aromatic nitrogens is 2. The summed E-state index contributed by atoms with van der Waals surface area (Å²) in [6.07, 6.45) is 4.38. The van der Waals surface area contributed by atoms with Crippen molar-refractivity contribution in [3.63, 3.8) is 0 Å². The summed E-state index contributed by atoms with van der Waals surface area (Å²) in [5.74, 6) is 0.743. The van der Waals surface area contributed by atoms with Crippen molar-refractivity contribution in [3.05, 3.63) is 17.5 Å². The van der Waals surface area contributed by atoms with Crippen LogP contribution in [0.1, 0.15) is 31.0 Å². The highest BCUT2D eigenvalue weighted by atomic mass is 16.5. The molecule has 1 aromatic rings. The number of rotatable bonds is 5. The fourth-order valence-electron chi connectivity index (χ4n) is 2.35. The Morgan fingerprint density at radius 3 is 3.06 bits per heavy atom. The lowest BCUT2D eigenvalue weighted by molar-refractivity contribution is 0.182. The molecule has 17 heavy (non-hydrogen) atoms. The minimum absolute atomic E-state index is 0.543. The summed E-state index contributed by atoms with van der Waals surface area (Å²) in [5, 5.41) is 7.83. The molecule has 0 saturated carbocycles. The highest BCUT2D eigenvalue weighted by molar-refractivity contribution is 5.15. The maximum Gasteiger partial charge on any atom is 0.0537 e. The molecule has 96 valence electrons. The number of aryl methyl sites for hydroxylation is 1. The smallest absolute Gasteiger partial charge is 0.0537 e. The van der Waals surface area contributed by atoms with Gasteiger partial charge in [0.05, 0.1) is 6.20 Å². The van der Waals surface area contributed by atoms with E-state index in [1.165, 1.54) is 24.1 Å². The van der Waals surface area contributed by atoms with E-state index in [0.717, 1.165) is 25.7 Å². The van der Waals surface area contributed by atoms with E-state index in [-0.39, 0.29) is 0 Å². The molecule has 0 unspecified atom stereocenters. The van der Waals surface area contributed by atoms with Crippen LogP contribution in [0.3, 0.4) is 0 Å². The van der Waals surface area contributed by atoms with Crippen LogP contribution in [0.4, 0.5) is 0 Å². The summed E-state index contributed by atoms with van der Waals surface area (Å²) in [6, 6.07) is 0.543. The lowest BCUT2D eigenvalue weighted by Gasteiger charge is -2.16. The third-order valence-corrected chi connectivity index (χ3v) is 3.69. The Hall–Kier alpha value is -0.870. The number of nitrogens with zero attached hydrogens (tertiary/aromatic N) is 2. The van der Waals surface area contributed by atoms with Gasteiger partial charge in [-0.3, -0.25) is 4.68 Å². The number of nitrogens with one attached hydrogen (secondary N) is 1. The van der Waals surface area contributed by atoms with Crippen LogP contribution in [0.25, 0.3) is 0 Å². The first kappa shape index (κ1) is 12.6. The van der Waals surface area contributed by atoms with Gasteiger partial charge in [-0.15, -0.1) is 0 Å². The number of hydrogen-bond acceptors (Lipinski definition) is 3. The normalized spacial score (nSPS) is 21.9. The molecule has 4 nitrogen and oxygen atoms in total. The lowest BCUT2D eigenvalue weighted by Crippen LogP contribution is -2.28. The van der Waals surface area contributed by atoms with Crippen molar-refractivity contribution in [2.75, 3.05) is 13.2 Å². The van der Waals surface area contributed by atoms with Crippen molar-refractivity contribution >= 4 is 0 Å². The average Bonchev–Trinajstić information content (AvgIpc) is 2.90. The Balaban J connectivity index is 1.75. The molecular formula is C13H23N3O. The van der Waals surface area contributed by atoms with E-state index in [2.05, 4.69) is 24.3 Å². The Morgan fingerprint density at radius 1 is 1.65 bits per heavy atom. The summed E-state index contributed by atoms with van der Waals surface area (Å²) in [5.41, 5.74) is 2.54. The van der Waals surface area contributed by atoms with Crippen LogP contribution in [0.5, 0.6) is 0 Å².